The third kappa shape index (κ3) is 3.53. The number of nitrogens with zero attached hydrogens (tertiary/aromatic N) is 2. The quantitative estimate of drug-likeness (QED) is 0.463. The van der Waals surface area contributed by atoms with Crippen LogP contribution in [0.2, 0.25) is 10.0 Å². The van der Waals surface area contributed by atoms with Crippen LogP contribution in [0.25, 0.3) is 0 Å². The van der Waals surface area contributed by atoms with E-state index in [-0.39, 0.29) is 24.3 Å². The maximum Gasteiger partial charge on any atom is 0.211 e. The van der Waals surface area contributed by atoms with Crippen LogP contribution in [0, 0.1) is 6.92 Å². The predicted octanol–water partition coefficient (Wildman–Crippen LogP) is 4.02. The van der Waals surface area contributed by atoms with Gasteiger partial charge in [-0.05, 0) is 36.5 Å². The summed E-state index contributed by atoms with van der Waals surface area (Å²) < 4.78 is 5.68. The van der Waals surface area contributed by atoms with Crippen molar-refractivity contribution >= 4 is 47.3 Å². The molecular weight excluding hydrogens is 371 g/mol. The van der Waals surface area contributed by atoms with Gasteiger partial charge in [-0.15, -0.1) is 17.5 Å². The lowest BCUT2D eigenvalue weighted by Crippen LogP contribution is -2.23. The number of fused-ring (bicyclic) bond motifs is 1. The van der Waals surface area contributed by atoms with E-state index in [1.807, 2.05) is 19.1 Å². The SMILES string of the molecule is Cc1coc2c1/C(=N\N=C(N)N)CC(c1cccc(Cl)c1Cl)C2.Cl. The van der Waals surface area contributed by atoms with Crippen LogP contribution in [-0.2, 0) is 6.42 Å². The molecule has 0 saturated heterocycles. The first kappa shape index (κ1) is 18.6. The van der Waals surface area contributed by atoms with Crippen LogP contribution >= 0.6 is 35.6 Å². The minimum atomic E-state index is -0.0805. The lowest BCUT2D eigenvalue weighted by Gasteiger charge is -2.24. The van der Waals surface area contributed by atoms with Crippen LogP contribution in [0.15, 0.2) is 39.1 Å². The molecule has 128 valence electrons. The molecule has 1 atom stereocenters. The van der Waals surface area contributed by atoms with E-state index in [0.717, 1.165) is 34.6 Å². The average Bonchev–Trinajstić information content (AvgIpc) is 2.89. The molecule has 8 heteroatoms. The summed E-state index contributed by atoms with van der Waals surface area (Å²) >= 11 is 12.5. The summed E-state index contributed by atoms with van der Waals surface area (Å²) in [4.78, 5) is 0. The third-order valence-electron chi connectivity index (χ3n) is 3.92. The smallest absolute Gasteiger partial charge is 0.211 e. The fourth-order valence-corrected chi connectivity index (χ4v) is 3.39. The van der Waals surface area contributed by atoms with Gasteiger partial charge in [0.15, 0.2) is 0 Å². The number of nitrogens with two attached hydrogens (primary N) is 2. The molecule has 0 bridgehead atoms. The number of hydrogen-bond donors (Lipinski definition) is 2. The first-order valence-electron chi connectivity index (χ1n) is 7.14. The van der Waals surface area contributed by atoms with E-state index in [0.29, 0.717) is 16.5 Å². The Morgan fingerprint density at radius 3 is 2.71 bits per heavy atom. The van der Waals surface area contributed by atoms with E-state index >= 15 is 0 Å². The standard InChI is InChI=1S/C16H16Cl2N4O.ClH/c1-8-7-23-13-6-9(10-3-2-4-11(17)15(10)18)5-12(14(8)13)21-22-16(19)20;/h2-4,7,9H,5-6H2,1H3,(H4,19,20,22);1H/b21-12-;. The Hall–Kier alpha value is -1.69. The van der Waals surface area contributed by atoms with Crippen molar-refractivity contribution in [3.63, 3.8) is 0 Å². The second-order valence-electron chi connectivity index (χ2n) is 5.54. The van der Waals surface area contributed by atoms with Gasteiger partial charge in [-0.3, -0.25) is 0 Å². The highest BCUT2D eigenvalue weighted by molar-refractivity contribution is 6.42. The first-order valence-corrected chi connectivity index (χ1v) is 7.89. The Morgan fingerprint density at radius 1 is 1.25 bits per heavy atom. The summed E-state index contributed by atoms with van der Waals surface area (Å²) in [5, 5.41) is 9.10. The fourth-order valence-electron chi connectivity index (χ4n) is 2.93. The van der Waals surface area contributed by atoms with Crippen molar-refractivity contribution in [2.45, 2.75) is 25.7 Å². The summed E-state index contributed by atoms with van der Waals surface area (Å²) in [7, 11) is 0. The molecular formula is C16H17Cl3N4O. The number of guanidine groups is 1. The van der Waals surface area contributed by atoms with Gasteiger partial charge in [0.05, 0.1) is 22.0 Å². The number of furan rings is 1. The average molecular weight is 388 g/mol. The first-order chi connectivity index (χ1) is 11.0. The van der Waals surface area contributed by atoms with Crippen LogP contribution in [0.3, 0.4) is 0 Å². The molecule has 0 fully saturated rings. The molecule has 3 rings (SSSR count). The van der Waals surface area contributed by atoms with Gasteiger partial charge in [0.25, 0.3) is 0 Å². The maximum absolute atomic E-state index is 6.36. The Labute approximate surface area is 156 Å². The minimum absolute atomic E-state index is 0. The zero-order valence-electron chi connectivity index (χ0n) is 12.9. The molecule has 1 aromatic carbocycles. The predicted molar refractivity (Wildman–Crippen MR) is 101 cm³/mol. The van der Waals surface area contributed by atoms with E-state index < -0.39 is 0 Å². The molecule has 1 aromatic heterocycles. The van der Waals surface area contributed by atoms with Crippen LogP contribution in [-0.4, -0.2) is 11.7 Å². The van der Waals surface area contributed by atoms with E-state index in [1.54, 1.807) is 12.3 Å². The summed E-state index contributed by atoms with van der Waals surface area (Å²) in [5.41, 5.74) is 14.5. The number of benzene rings is 1. The van der Waals surface area contributed by atoms with Gasteiger partial charge in [-0.25, -0.2) is 0 Å². The van der Waals surface area contributed by atoms with Gasteiger partial charge in [-0.1, -0.05) is 35.3 Å². The monoisotopic (exact) mass is 386 g/mol. The maximum atomic E-state index is 6.36. The van der Waals surface area contributed by atoms with Crippen LogP contribution in [0.1, 0.15) is 34.8 Å². The molecule has 0 amide bonds. The Kier molecular flexibility index (Phi) is 5.80. The van der Waals surface area contributed by atoms with Gasteiger partial charge in [0.2, 0.25) is 5.96 Å². The molecule has 2 aromatic rings. The number of halogens is 3. The number of rotatable bonds is 2. The summed E-state index contributed by atoms with van der Waals surface area (Å²) in [6.45, 7) is 1.97. The molecule has 1 aliphatic rings. The van der Waals surface area contributed by atoms with Crippen molar-refractivity contribution < 1.29 is 4.42 Å². The van der Waals surface area contributed by atoms with Crippen molar-refractivity contribution in [2.75, 3.05) is 0 Å². The topological polar surface area (TPSA) is 89.9 Å². The zero-order chi connectivity index (χ0) is 16.6. The molecule has 0 aliphatic heterocycles. The molecule has 1 heterocycles. The molecule has 0 spiro atoms. The Morgan fingerprint density at radius 2 is 2.00 bits per heavy atom. The highest BCUT2D eigenvalue weighted by atomic mass is 35.5. The van der Waals surface area contributed by atoms with Gasteiger partial charge < -0.3 is 15.9 Å². The molecule has 4 N–H and O–H groups in total. The molecule has 24 heavy (non-hydrogen) atoms. The normalized spacial score (nSPS) is 18.0. The summed E-state index contributed by atoms with van der Waals surface area (Å²) in [6, 6.07) is 5.63. The van der Waals surface area contributed by atoms with Crippen LogP contribution < -0.4 is 11.5 Å². The third-order valence-corrected chi connectivity index (χ3v) is 4.75. The van der Waals surface area contributed by atoms with Crippen molar-refractivity contribution in [1.82, 2.24) is 0 Å². The highest BCUT2D eigenvalue weighted by Crippen LogP contribution is 2.39. The number of hydrogen-bond acceptors (Lipinski definition) is 3. The molecule has 5 nitrogen and oxygen atoms in total. The van der Waals surface area contributed by atoms with Gasteiger partial charge >= 0.3 is 0 Å². The van der Waals surface area contributed by atoms with Crippen LogP contribution in [0.4, 0.5) is 0 Å². The van der Waals surface area contributed by atoms with Crippen molar-refractivity contribution in [2.24, 2.45) is 21.7 Å². The van der Waals surface area contributed by atoms with Crippen molar-refractivity contribution in [1.29, 1.82) is 0 Å². The van der Waals surface area contributed by atoms with Crippen molar-refractivity contribution in [3.8, 4) is 0 Å². The zero-order valence-corrected chi connectivity index (χ0v) is 15.3. The summed E-state index contributed by atoms with van der Waals surface area (Å²) in [5.74, 6) is 0.884. The number of aryl methyl sites for hydroxylation is 1. The summed E-state index contributed by atoms with van der Waals surface area (Å²) in [6.07, 6.45) is 3.10. The second kappa shape index (κ2) is 7.47. The minimum Gasteiger partial charge on any atom is -0.468 e. The highest BCUT2D eigenvalue weighted by Gasteiger charge is 2.30. The van der Waals surface area contributed by atoms with E-state index in [2.05, 4.69) is 10.2 Å². The van der Waals surface area contributed by atoms with Crippen LogP contribution in [0.5, 0.6) is 0 Å². The molecule has 1 unspecified atom stereocenters. The molecule has 1 aliphatic carbocycles. The molecule has 0 radical (unpaired) electrons. The van der Waals surface area contributed by atoms with E-state index in [1.165, 1.54) is 0 Å². The molecule has 0 saturated carbocycles. The van der Waals surface area contributed by atoms with Gasteiger partial charge in [0.1, 0.15) is 5.76 Å². The Balaban J connectivity index is 0.00000208. The van der Waals surface area contributed by atoms with Crippen molar-refractivity contribution in [3.05, 3.63) is 57.0 Å². The van der Waals surface area contributed by atoms with Gasteiger partial charge in [0, 0.05) is 12.0 Å². The Bertz CT molecular complexity index is 810. The van der Waals surface area contributed by atoms with E-state index in [9.17, 15) is 0 Å². The largest absolute Gasteiger partial charge is 0.468 e. The van der Waals surface area contributed by atoms with Gasteiger partial charge in [-0.2, -0.15) is 5.10 Å². The lowest BCUT2D eigenvalue weighted by molar-refractivity contribution is 0.480. The second-order valence-corrected chi connectivity index (χ2v) is 6.32. The lowest BCUT2D eigenvalue weighted by atomic mass is 9.81. The van der Waals surface area contributed by atoms with E-state index in [4.69, 9.17) is 39.1 Å². The fraction of sp³-hybridized carbons (Fsp3) is 0.250.